The van der Waals surface area contributed by atoms with E-state index in [2.05, 4.69) is 10.6 Å². The van der Waals surface area contributed by atoms with Crippen molar-refractivity contribution in [3.05, 3.63) is 18.2 Å². The Bertz CT molecular complexity index is 659. The molecule has 24 heavy (non-hydrogen) atoms. The smallest absolute Gasteiger partial charge is 0.264 e. The summed E-state index contributed by atoms with van der Waals surface area (Å²) in [4.78, 5) is 36.8. The van der Waals surface area contributed by atoms with Crippen LogP contribution in [-0.4, -0.2) is 44.0 Å². The molecule has 2 rings (SSSR count). The molecule has 0 fully saturated rings. The number of nitrogens with two attached hydrogens (primary N) is 1. The molecule has 8 nitrogen and oxygen atoms in total. The Balaban J connectivity index is 1.95. The second-order valence-corrected chi connectivity index (χ2v) is 5.96. The van der Waals surface area contributed by atoms with Crippen LogP contribution in [0.2, 0.25) is 0 Å². The fourth-order valence-electron chi connectivity index (χ4n) is 2.14. The molecule has 0 aliphatic carbocycles. The lowest BCUT2D eigenvalue weighted by Crippen LogP contribution is -2.46. The summed E-state index contributed by atoms with van der Waals surface area (Å²) in [5.41, 5.74) is 6.79. The van der Waals surface area contributed by atoms with Gasteiger partial charge in [0.2, 0.25) is 11.8 Å². The SMILES string of the molecule is CC(C)[C@H](N)C(=O)NCC(=O)Nc1ccc2c(c1)N(C)C(=O)CO2. The number of fused-ring (bicyclic) bond motifs is 1. The van der Waals surface area contributed by atoms with E-state index in [1.54, 1.807) is 25.2 Å². The molecule has 0 saturated carbocycles. The number of carbonyl (C=O) groups excluding carboxylic acids is 3. The number of anilines is 2. The monoisotopic (exact) mass is 334 g/mol. The molecular weight excluding hydrogens is 312 g/mol. The van der Waals surface area contributed by atoms with Crippen molar-refractivity contribution in [2.45, 2.75) is 19.9 Å². The zero-order chi connectivity index (χ0) is 17.9. The first-order chi connectivity index (χ1) is 11.3. The summed E-state index contributed by atoms with van der Waals surface area (Å²) >= 11 is 0. The van der Waals surface area contributed by atoms with Gasteiger partial charge in [-0.1, -0.05) is 13.8 Å². The van der Waals surface area contributed by atoms with Crippen LogP contribution in [0.5, 0.6) is 5.75 Å². The van der Waals surface area contributed by atoms with E-state index in [4.69, 9.17) is 10.5 Å². The van der Waals surface area contributed by atoms with Gasteiger partial charge in [-0.15, -0.1) is 0 Å². The van der Waals surface area contributed by atoms with Crippen molar-refractivity contribution >= 4 is 29.1 Å². The summed E-state index contributed by atoms with van der Waals surface area (Å²) in [7, 11) is 1.64. The predicted molar refractivity (Wildman–Crippen MR) is 89.8 cm³/mol. The van der Waals surface area contributed by atoms with Crippen LogP contribution in [0.4, 0.5) is 11.4 Å². The van der Waals surface area contributed by atoms with Crippen molar-refractivity contribution in [2.75, 3.05) is 30.4 Å². The van der Waals surface area contributed by atoms with Gasteiger partial charge in [0.1, 0.15) is 5.75 Å². The summed E-state index contributed by atoms with van der Waals surface area (Å²) in [6.45, 7) is 3.48. The van der Waals surface area contributed by atoms with Crippen molar-refractivity contribution in [2.24, 2.45) is 11.7 Å². The van der Waals surface area contributed by atoms with Gasteiger partial charge in [0, 0.05) is 12.7 Å². The summed E-state index contributed by atoms with van der Waals surface area (Å²) in [5, 5.41) is 5.16. The number of rotatable bonds is 5. The van der Waals surface area contributed by atoms with Crippen LogP contribution >= 0.6 is 0 Å². The van der Waals surface area contributed by atoms with Gasteiger partial charge in [0.05, 0.1) is 18.3 Å². The maximum atomic E-state index is 11.9. The highest BCUT2D eigenvalue weighted by atomic mass is 16.5. The number of benzene rings is 1. The normalized spacial score (nSPS) is 14.7. The molecule has 3 amide bonds. The van der Waals surface area contributed by atoms with E-state index in [0.717, 1.165) is 0 Å². The van der Waals surface area contributed by atoms with Gasteiger partial charge in [-0.25, -0.2) is 0 Å². The van der Waals surface area contributed by atoms with Crippen LogP contribution in [0.25, 0.3) is 0 Å². The van der Waals surface area contributed by atoms with Crippen molar-refractivity contribution in [1.82, 2.24) is 5.32 Å². The van der Waals surface area contributed by atoms with E-state index in [9.17, 15) is 14.4 Å². The molecule has 4 N–H and O–H groups in total. The number of amides is 3. The average Bonchev–Trinajstić information content (AvgIpc) is 2.55. The Morgan fingerprint density at radius 3 is 2.75 bits per heavy atom. The first-order valence-electron chi connectivity index (χ1n) is 7.66. The molecule has 130 valence electrons. The zero-order valence-corrected chi connectivity index (χ0v) is 14.0. The lowest BCUT2D eigenvalue weighted by molar-refractivity contribution is -0.125. The highest BCUT2D eigenvalue weighted by Gasteiger charge is 2.23. The Hall–Kier alpha value is -2.61. The van der Waals surface area contributed by atoms with E-state index in [-0.39, 0.29) is 36.8 Å². The highest BCUT2D eigenvalue weighted by Crippen LogP contribution is 2.33. The van der Waals surface area contributed by atoms with Crippen LogP contribution in [-0.2, 0) is 14.4 Å². The maximum absolute atomic E-state index is 11.9. The molecule has 1 aromatic rings. The van der Waals surface area contributed by atoms with Crippen LogP contribution in [0.1, 0.15) is 13.8 Å². The van der Waals surface area contributed by atoms with Crippen molar-refractivity contribution in [3.8, 4) is 5.75 Å². The van der Waals surface area contributed by atoms with Crippen LogP contribution in [0, 0.1) is 5.92 Å². The summed E-state index contributed by atoms with van der Waals surface area (Å²) in [5.74, 6) is -0.358. The number of nitrogens with zero attached hydrogens (tertiary/aromatic N) is 1. The molecule has 0 radical (unpaired) electrons. The van der Waals surface area contributed by atoms with E-state index in [1.807, 2.05) is 13.8 Å². The molecule has 1 aromatic carbocycles. The lowest BCUT2D eigenvalue weighted by Gasteiger charge is -2.26. The first kappa shape index (κ1) is 17.7. The third-order valence-electron chi connectivity index (χ3n) is 3.77. The molecule has 1 aliphatic rings. The fourth-order valence-corrected chi connectivity index (χ4v) is 2.14. The number of carbonyl (C=O) groups is 3. The highest BCUT2D eigenvalue weighted by molar-refractivity contribution is 6.00. The Morgan fingerprint density at radius 2 is 2.08 bits per heavy atom. The molecular formula is C16H22N4O4. The lowest BCUT2D eigenvalue weighted by atomic mass is 10.1. The summed E-state index contributed by atoms with van der Waals surface area (Å²) in [6, 6.07) is 4.34. The minimum Gasteiger partial charge on any atom is -0.482 e. The predicted octanol–water partition coefficient (Wildman–Crippen LogP) is 0.0798. The number of ether oxygens (including phenoxy) is 1. The first-order valence-corrected chi connectivity index (χ1v) is 7.66. The molecule has 0 aromatic heterocycles. The van der Waals surface area contributed by atoms with Gasteiger partial charge in [-0.2, -0.15) is 0 Å². The molecule has 0 spiro atoms. The topological polar surface area (TPSA) is 114 Å². The van der Waals surface area contributed by atoms with Crippen molar-refractivity contribution in [3.63, 3.8) is 0 Å². The van der Waals surface area contributed by atoms with Crippen molar-refractivity contribution < 1.29 is 19.1 Å². The van der Waals surface area contributed by atoms with Gasteiger partial charge in [-0.3, -0.25) is 14.4 Å². The molecule has 1 aliphatic heterocycles. The minimum atomic E-state index is -0.654. The molecule has 0 bridgehead atoms. The van der Waals surface area contributed by atoms with E-state index >= 15 is 0 Å². The third-order valence-corrected chi connectivity index (χ3v) is 3.77. The number of likely N-dealkylation sites (N-methyl/N-ethyl adjacent to an activating group) is 1. The largest absolute Gasteiger partial charge is 0.482 e. The van der Waals surface area contributed by atoms with Gasteiger partial charge in [0.25, 0.3) is 5.91 Å². The van der Waals surface area contributed by atoms with Gasteiger partial charge in [0.15, 0.2) is 6.61 Å². The van der Waals surface area contributed by atoms with Crippen molar-refractivity contribution in [1.29, 1.82) is 0 Å². The summed E-state index contributed by atoms with van der Waals surface area (Å²) < 4.78 is 5.32. The molecule has 0 unspecified atom stereocenters. The zero-order valence-electron chi connectivity index (χ0n) is 14.0. The second kappa shape index (κ2) is 7.31. The van der Waals surface area contributed by atoms with Gasteiger partial charge in [-0.05, 0) is 24.1 Å². The molecule has 0 saturated heterocycles. The Morgan fingerprint density at radius 1 is 1.38 bits per heavy atom. The quantitative estimate of drug-likeness (QED) is 0.706. The minimum absolute atomic E-state index is 0.00263. The van der Waals surface area contributed by atoms with E-state index < -0.39 is 6.04 Å². The van der Waals surface area contributed by atoms with Gasteiger partial charge >= 0.3 is 0 Å². The van der Waals surface area contributed by atoms with Gasteiger partial charge < -0.3 is 26.0 Å². The van der Waals surface area contributed by atoms with Crippen LogP contribution in [0.15, 0.2) is 18.2 Å². The van der Waals surface area contributed by atoms with E-state index in [0.29, 0.717) is 17.1 Å². The summed E-state index contributed by atoms with van der Waals surface area (Å²) in [6.07, 6.45) is 0. The Labute approximate surface area is 140 Å². The number of hydrogen-bond acceptors (Lipinski definition) is 5. The second-order valence-electron chi connectivity index (χ2n) is 5.96. The maximum Gasteiger partial charge on any atom is 0.264 e. The number of hydrogen-bond donors (Lipinski definition) is 3. The average molecular weight is 334 g/mol. The van der Waals surface area contributed by atoms with E-state index in [1.165, 1.54) is 4.90 Å². The fraction of sp³-hybridized carbons (Fsp3) is 0.438. The standard InChI is InChI=1S/C16H22N4O4/c1-9(2)15(17)16(23)18-7-13(21)19-10-4-5-12-11(6-10)20(3)14(22)8-24-12/h4-6,9,15H,7-8,17H2,1-3H3,(H,18,23)(H,19,21)/t15-/m0/s1. The molecule has 1 atom stereocenters. The number of nitrogens with one attached hydrogen (secondary N) is 2. The third kappa shape index (κ3) is 4.02. The Kier molecular flexibility index (Phi) is 5.40. The van der Waals surface area contributed by atoms with Crippen LogP contribution in [0.3, 0.4) is 0 Å². The molecule has 8 heteroatoms. The molecule has 1 heterocycles. The van der Waals surface area contributed by atoms with Crippen LogP contribution < -0.4 is 26.0 Å².